The first kappa shape index (κ1) is 48.3. The Labute approximate surface area is 380 Å². The number of hydrogen-bond donors (Lipinski definition) is 3. The Balaban J connectivity index is 0.000000203. The van der Waals surface area contributed by atoms with Crippen LogP contribution in [0.5, 0.6) is 0 Å². The molecule has 0 saturated carbocycles. The number of carbonyl (C=O) groups excluding carboxylic acids is 3. The smallest absolute Gasteiger partial charge is 0.416 e. The van der Waals surface area contributed by atoms with Crippen molar-refractivity contribution < 1.29 is 55.4 Å². The van der Waals surface area contributed by atoms with E-state index in [9.17, 15) is 45.5 Å². The molecular weight excluding hydrogens is 915 g/mol. The van der Waals surface area contributed by atoms with Crippen molar-refractivity contribution >= 4 is 24.0 Å². The van der Waals surface area contributed by atoms with E-state index >= 15 is 0 Å². The van der Waals surface area contributed by atoms with Crippen LogP contribution < -0.4 is 0 Å². The summed E-state index contributed by atoms with van der Waals surface area (Å²) in [5.41, 5.74) is -0.814. The van der Waals surface area contributed by atoms with Crippen molar-refractivity contribution in [3.05, 3.63) is 94.6 Å². The predicted octanol–water partition coefficient (Wildman–Crippen LogP) is 4.39. The summed E-state index contributed by atoms with van der Waals surface area (Å²) < 4.78 is 86.5. The molecule has 22 nitrogen and oxygen atoms in total. The third kappa shape index (κ3) is 11.8. The van der Waals surface area contributed by atoms with Gasteiger partial charge in [-0.05, 0) is 78.7 Å². The van der Waals surface area contributed by atoms with E-state index < -0.39 is 47.1 Å². The Morgan fingerprint density at radius 1 is 0.618 bits per heavy atom. The standard InChI is InChI=1S/C22H25F3N8O3.C18H17F3N8O3/c1-21(2,3)36-19(34)17-6-7-33(28-17)20(35)32-10-8-31(9-11-32)13-14-4-5-15(22(23,24)25)12-16(14)18-26-29-30-27-18;19-18(20,21)12-2-1-11(13(9-12)15-22-25-26-23-15)10-27-5-7-28(8-6-27)17(32)29-4-3-14(24-29)16(30)31/h4-7,12H,8-11,13H2,1-3H3,(H,26,27,29,30);1-4,9H,5-8,10H2,(H,30,31)(H,22,23,25,26). The fourth-order valence-electron chi connectivity index (χ4n) is 7.13. The third-order valence-corrected chi connectivity index (χ3v) is 10.5. The summed E-state index contributed by atoms with van der Waals surface area (Å²) in [5, 5.41) is 43.4. The van der Waals surface area contributed by atoms with E-state index in [0.717, 1.165) is 33.6 Å². The van der Waals surface area contributed by atoms with Crippen LogP contribution in [0.1, 0.15) is 64.0 Å². The number of aromatic nitrogens is 12. The molecule has 3 N–H and O–H groups in total. The number of carboxylic acid groups (broad SMARTS) is 1. The van der Waals surface area contributed by atoms with Crippen LogP contribution in [0.2, 0.25) is 0 Å². The molecule has 0 atom stereocenters. The van der Waals surface area contributed by atoms with E-state index in [-0.39, 0.29) is 40.2 Å². The van der Waals surface area contributed by atoms with Gasteiger partial charge in [-0.15, -0.1) is 20.4 Å². The summed E-state index contributed by atoms with van der Waals surface area (Å²) in [4.78, 5) is 55.6. The van der Waals surface area contributed by atoms with Gasteiger partial charge in [0.15, 0.2) is 11.4 Å². The Morgan fingerprint density at radius 2 is 1.03 bits per heavy atom. The number of halogens is 6. The van der Waals surface area contributed by atoms with Crippen LogP contribution in [0.15, 0.2) is 60.9 Å². The van der Waals surface area contributed by atoms with E-state index in [1.807, 2.05) is 9.80 Å². The van der Waals surface area contributed by atoms with E-state index in [2.05, 4.69) is 51.4 Å². The van der Waals surface area contributed by atoms with Crippen LogP contribution in [0, 0.1) is 0 Å². The molecule has 0 aliphatic carbocycles. The minimum Gasteiger partial charge on any atom is -0.476 e. The van der Waals surface area contributed by atoms with Crippen molar-refractivity contribution in [3.63, 3.8) is 0 Å². The number of benzene rings is 2. The number of ether oxygens (including phenoxy) is 1. The summed E-state index contributed by atoms with van der Waals surface area (Å²) in [5.74, 6) is -1.71. The molecule has 6 heterocycles. The zero-order valence-corrected chi connectivity index (χ0v) is 36.4. The molecule has 8 rings (SSSR count). The second-order valence-electron chi connectivity index (χ2n) is 16.4. The first-order valence-electron chi connectivity index (χ1n) is 20.6. The van der Waals surface area contributed by atoms with Gasteiger partial charge in [0.2, 0.25) is 11.6 Å². The fraction of sp³-hybridized carbons (Fsp3) is 0.400. The number of hydrogen-bond acceptors (Lipinski definition) is 15. The number of aromatic amines is 2. The molecule has 2 aromatic carbocycles. The SMILES string of the molecule is CC(C)(C)OC(=O)c1ccn(C(=O)N2CCN(Cc3ccc(C(F)(F)F)cc3-c3nn[nH]n3)CC2)n1.O=C(O)c1ccn(C(=O)N2CCN(Cc3ccc(C(F)(F)F)cc3-c3nn[nH]n3)CC2)n1. The molecular formula is C40H42F6N16O6. The maximum atomic E-state index is 13.2. The van der Waals surface area contributed by atoms with Crippen molar-refractivity contribution in [3.8, 4) is 22.8 Å². The number of H-pyrrole nitrogens is 2. The van der Waals surface area contributed by atoms with E-state index in [0.29, 0.717) is 76.6 Å². The van der Waals surface area contributed by atoms with Gasteiger partial charge in [0, 0.05) is 89.0 Å². The van der Waals surface area contributed by atoms with Gasteiger partial charge in [-0.25, -0.2) is 19.2 Å². The number of carboxylic acids is 1. The van der Waals surface area contributed by atoms with Crippen molar-refractivity contribution in [2.45, 2.75) is 51.8 Å². The molecule has 2 amide bonds. The number of aromatic carboxylic acids is 1. The van der Waals surface area contributed by atoms with Crippen LogP contribution >= 0.6 is 0 Å². The van der Waals surface area contributed by atoms with Gasteiger partial charge in [-0.1, -0.05) is 12.1 Å². The van der Waals surface area contributed by atoms with E-state index in [1.54, 1.807) is 25.7 Å². The number of tetrazole rings is 2. The summed E-state index contributed by atoms with van der Waals surface area (Å²) >= 11 is 0. The topological polar surface area (TPSA) is 255 Å². The highest BCUT2D eigenvalue weighted by molar-refractivity contribution is 5.88. The number of carbonyl (C=O) groups is 4. The van der Waals surface area contributed by atoms with Crippen LogP contribution in [-0.2, 0) is 30.2 Å². The lowest BCUT2D eigenvalue weighted by molar-refractivity contribution is -0.138. The number of nitrogens with one attached hydrogen (secondary N) is 2. The quantitative estimate of drug-likeness (QED) is 0.141. The van der Waals surface area contributed by atoms with Crippen molar-refractivity contribution in [2.24, 2.45) is 0 Å². The molecule has 0 spiro atoms. The molecule has 28 heteroatoms. The summed E-state index contributed by atoms with van der Waals surface area (Å²) in [6.45, 7) is 9.22. The van der Waals surface area contributed by atoms with Crippen molar-refractivity contribution in [2.75, 3.05) is 52.4 Å². The zero-order valence-electron chi connectivity index (χ0n) is 36.4. The Hall–Kier alpha value is -7.62. The number of esters is 1. The van der Waals surface area contributed by atoms with Crippen LogP contribution in [-0.4, -0.2) is 167 Å². The molecule has 2 aliphatic heterocycles. The van der Waals surface area contributed by atoms with Gasteiger partial charge in [-0.2, -0.15) is 56.3 Å². The molecule has 4 aromatic heterocycles. The third-order valence-electron chi connectivity index (χ3n) is 10.5. The van der Waals surface area contributed by atoms with E-state index in [1.165, 1.54) is 41.6 Å². The normalized spacial score (nSPS) is 15.2. The Kier molecular flexibility index (Phi) is 14.0. The molecule has 2 saturated heterocycles. The lowest BCUT2D eigenvalue weighted by Crippen LogP contribution is -2.49. The molecule has 2 fully saturated rings. The molecule has 0 unspecified atom stereocenters. The van der Waals surface area contributed by atoms with Gasteiger partial charge in [-0.3, -0.25) is 9.80 Å². The zero-order chi connectivity index (χ0) is 49.0. The van der Waals surface area contributed by atoms with Gasteiger partial charge >= 0.3 is 36.4 Å². The summed E-state index contributed by atoms with van der Waals surface area (Å²) in [7, 11) is 0. The molecule has 360 valence electrons. The highest BCUT2D eigenvalue weighted by Crippen LogP contribution is 2.35. The molecule has 6 aromatic rings. The monoisotopic (exact) mass is 956 g/mol. The van der Waals surface area contributed by atoms with Crippen LogP contribution in [0.3, 0.4) is 0 Å². The Bertz CT molecular complexity index is 2720. The van der Waals surface area contributed by atoms with E-state index in [4.69, 9.17) is 9.84 Å². The van der Waals surface area contributed by atoms with Crippen LogP contribution in [0.25, 0.3) is 22.8 Å². The van der Waals surface area contributed by atoms with Gasteiger partial charge < -0.3 is 19.6 Å². The average Bonchev–Trinajstić information content (AvgIpc) is 4.14. The highest BCUT2D eigenvalue weighted by atomic mass is 19.4. The molecule has 2 aliphatic rings. The average molecular weight is 957 g/mol. The number of rotatable bonds is 8. The van der Waals surface area contributed by atoms with Gasteiger partial charge in [0.1, 0.15) is 5.60 Å². The summed E-state index contributed by atoms with van der Waals surface area (Å²) in [6.07, 6.45) is -6.31. The van der Waals surface area contributed by atoms with Gasteiger partial charge in [0.25, 0.3) is 0 Å². The number of alkyl halides is 6. The first-order chi connectivity index (χ1) is 32.1. The lowest BCUT2D eigenvalue weighted by Gasteiger charge is -2.34. The first-order valence-corrected chi connectivity index (χ1v) is 20.6. The van der Waals surface area contributed by atoms with Crippen molar-refractivity contribution in [1.29, 1.82) is 0 Å². The molecule has 0 bridgehead atoms. The second kappa shape index (κ2) is 19.7. The van der Waals surface area contributed by atoms with Crippen LogP contribution in [0.4, 0.5) is 35.9 Å². The summed E-state index contributed by atoms with van der Waals surface area (Å²) in [6, 6.07) is 8.68. The highest BCUT2D eigenvalue weighted by Gasteiger charge is 2.34. The number of nitrogens with zero attached hydrogens (tertiary/aromatic N) is 14. The largest absolute Gasteiger partial charge is 0.476 e. The minimum atomic E-state index is -4.50. The predicted molar refractivity (Wildman–Crippen MR) is 221 cm³/mol. The molecule has 68 heavy (non-hydrogen) atoms. The fourth-order valence-corrected chi connectivity index (χ4v) is 7.13. The maximum Gasteiger partial charge on any atom is 0.416 e. The number of piperazine rings is 2. The molecule has 0 radical (unpaired) electrons. The minimum absolute atomic E-state index is 0.0354. The van der Waals surface area contributed by atoms with Crippen molar-refractivity contribution in [1.82, 2.24) is 80.4 Å². The lowest BCUT2D eigenvalue weighted by atomic mass is 10.0. The second-order valence-corrected chi connectivity index (χ2v) is 16.4. The number of amides is 2. The Morgan fingerprint density at radius 3 is 1.38 bits per heavy atom. The maximum absolute atomic E-state index is 13.2. The van der Waals surface area contributed by atoms with Gasteiger partial charge in [0.05, 0.1) is 11.1 Å².